The van der Waals surface area contributed by atoms with E-state index in [1.807, 2.05) is 31.2 Å². The van der Waals surface area contributed by atoms with E-state index >= 15 is 0 Å². The number of nitrogens with two attached hydrogens (primary N) is 1. The molecule has 0 spiro atoms. The molecule has 21 heavy (non-hydrogen) atoms. The zero-order valence-electron chi connectivity index (χ0n) is 11.8. The summed E-state index contributed by atoms with van der Waals surface area (Å²) in [6.45, 7) is 3.11. The molecule has 0 aromatic heterocycles. The fourth-order valence-electron chi connectivity index (χ4n) is 1.94. The molecule has 0 saturated carbocycles. The molecule has 2 aromatic carbocycles. The zero-order chi connectivity index (χ0) is 15.2. The number of carbonyl (C=O) groups is 1. The van der Waals surface area contributed by atoms with Crippen molar-refractivity contribution in [2.45, 2.75) is 6.92 Å². The summed E-state index contributed by atoms with van der Waals surface area (Å²) in [5.74, 6) is -0.195. The molecular weight excluding hydrogens is 268 g/mol. The average Bonchev–Trinajstić information content (AvgIpc) is 2.43. The quantitative estimate of drug-likeness (QED) is 0.561. The van der Waals surface area contributed by atoms with Crippen LogP contribution in [-0.2, 0) is 0 Å². The molecule has 5 nitrogen and oxygen atoms in total. The molecule has 0 bridgehead atoms. The number of aromatic carboxylic acids is 1. The van der Waals surface area contributed by atoms with Gasteiger partial charge in [-0.05, 0) is 42.8 Å². The van der Waals surface area contributed by atoms with Crippen LogP contribution in [-0.4, -0.2) is 24.2 Å². The smallest absolute Gasteiger partial charge is 0.337 e. The van der Waals surface area contributed by atoms with Crippen molar-refractivity contribution in [3.8, 4) is 5.75 Å². The number of rotatable bonds is 6. The van der Waals surface area contributed by atoms with Gasteiger partial charge >= 0.3 is 5.97 Å². The van der Waals surface area contributed by atoms with Crippen molar-refractivity contribution in [2.75, 3.05) is 24.2 Å². The van der Waals surface area contributed by atoms with Gasteiger partial charge in [0, 0.05) is 17.9 Å². The second kappa shape index (κ2) is 6.65. The van der Waals surface area contributed by atoms with Gasteiger partial charge in [0.05, 0.1) is 5.56 Å². The van der Waals surface area contributed by atoms with Crippen molar-refractivity contribution in [1.82, 2.24) is 0 Å². The Morgan fingerprint density at radius 3 is 2.76 bits per heavy atom. The number of benzene rings is 2. The van der Waals surface area contributed by atoms with Gasteiger partial charge < -0.3 is 20.9 Å². The third kappa shape index (κ3) is 4.14. The summed E-state index contributed by atoms with van der Waals surface area (Å²) in [6.07, 6.45) is 0. The Kier molecular flexibility index (Phi) is 4.66. The van der Waals surface area contributed by atoms with Gasteiger partial charge in [-0.15, -0.1) is 0 Å². The monoisotopic (exact) mass is 286 g/mol. The maximum atomic E-state index is 10.9. The summed E-state index contributed by atoms with van der Waals surface area (Å²) in [6, 6.07) is 12.6. The minimum Gasteiger partial charge on any atom is -0.492 e. The predicted molar refractivity (Wildman–Crippen MR) is 83.0 cm³/mol. The number of ether oxygens (including phenoxy) is 1. The summed E-state index contributed by atoms with van der Waals surface area (Å²) < 4.78 is 5.61. The SMILES string of the molecule is Cc1cccc(OCCNc2ccc(C(=O)O)c(N)c2)c1. The lowest BCUT2D eigenvalue weighted by molar-refractivity contribution is 0.0698. The van der Waals surface area contributed by atoms with Gasteiger partial charge in [0.15, 0.2) is 0 Å². The van der Waals surface area contributed by atoms with Gasteiger partial charge in [0.25, 0.3) is 0 Å². The van der Waals surface area contributed by atoms with Crippen LogP contribution < -0.4 is 15.8 Å². The van der Waals surface area contributed by atoms with E-state index in [1.165, 1.54) is 6.07 Å². The van der Waals surface area contributed by atoms with Crippen molar-refractivity contribution in [1.29, 1.82) is 0 Å². The predicted octanol–water partition coefficient (Wildman–Crippen LogP) is 2.77. The van der Waals surface area contributed by atoms with E-state index in [0.717, 1.165) is 17.0 Å². The van der Waals surface area contributed by atoms with E-state index < -0.39 is 5.97 Å². The van der Waals surface area contributed by atoms with Gasteiger partial charge in [0.2, 0.25) is 0 Å². The van der Waals surface area contributed by atoms with Gasteiger partial charge in [-0.25, -0.2) is 4.79 Å². The van der Waals surface area contributed by atoms with E-state index in [9.17, 15) is 4.79 Å². The minimum atomic E-state index is -1.03. The Balaban J connectivity index is 1.84. The number of carboxylic acids is 1. The van der Waals surface area contributed by atoms with E-state index in [-0.39, 0.29) is 11.3 Å². The third-order valence-corrected chi connectivity index (χ3v) is 2.97. The number of hydrogen-bond acceptors (Lipinski definition) is 4. The molecule has 0 atom stereocenters. The Labute approximate surface area is 123 Å². The van der Waals surface area contributed by atoms with Gasteiger partial charge in [-0.2, -0.15) is 0 Å². The molecular formula is C16H18N2O3. The lowest BCUT2D eigenvalue weighted by Crippen LogP contribution is -2.12. The van der Waals surface area contributed by atoms with Crippen molar-refractivity contribution >= 4 is 17.3 Å². The van der Waals surface area contributed by atoms with Crippen LogP contribution in [0.4, 0.5) is 11.4 Å². The van der Waals surface area contributed by atoms with Crippen LogP contribution in [0.2, 0.25) is 0 Å². The van der Waals surface area contributed by atoms with Gasteiger partial charge in [-0.1, -0.05) is 12.1 Å². The molecule has 2 rings (SSSR count). The first-order valence-corrected chi connectivity index (χ1v) is 6.62. The zero-order valence-corrected chi connectivity index (χ0v) is 11.8. The fourth-order valence-corrected chi connectivity index (χ4v) is 1.94. The molecule has 0 heterocycles. The van der Waals surface area contributed by atoms with Crippen LogP contribution in [0.25, 0.3) is 0 Å². The summed E-state index contributed by atoms with van der Waals surface area (Å²) in [7, 11) is 0. The van der Waals surface area contributed by atoms with Crippen LogP contribution in [0.1, 0.15) is 15.9 Å². The molecule has 0 radical (unpaired) electrons. The first-order valence-electron chi connectivity index (χ1n) is 6.62. The van der Waals surface area contributed by atoms with Crippen LogP contribution in [0.3, 0.4) is 0 Å². The lowest BCUT2D eigenvalue weighted by atomic mass is 10.1. The molecule has 0 fully saturated rings. The molecule has 0 saturated heterocycles. The average molecular weight is 286 g/mol. The molecule has 0 amide bonds. The molecule has 5 heteroatoms. The summed E-state index contributed by atoms with van der Waals surface area (Å²) >= 11 is 0. The lowest BCUT2D eigenvalue weighted by Gasteiger charge is -2.10. The number of carboxylic acid groups (broad SMARTS) is 1. The molecule has 0 aliphatic carbocycles. The standard InChI is InChI=1S/C16H18N2O3/c1-11-3-2-4-13(9-11)21-8-7-18-12-5-6-14(16(19)20)15(17)10-12/h2-6,9-10,18H,7-8,17H2,1H3,(H,19,20). The van der Waals surface area contributed by atoms with Crippen molar-refractivity contribution in [3.05, 3.63) is 53.6 Å². The van der Waals surface area contributed by atoms with E-state index in [0.29, 0.717) is 13.2 Å². The number of nitrogens with one attached hydrogen (secondary N) is 1. The maximum absolute atomic E-state index is 10.9. The van der Waals surface area contributed by atoms with Crippen molar-refractivity contribution in [2.24, 2.45) is 0 Å². The van der Waals surface area contributed by atoms with E-state index in [4.69, 9.17) is 15.6 Å². The molecule has 0 aliphatic heterocycles. The van der Waals surface area contributed by atoms with Gasteiger partial charge in [-0.3, -0.25) is 0 Å². The molecule has 110 valence electrons. The first kappa shape index (κ1) is 14.7. The van der Waals surface area contributed by atoms with E-state index in [1.54, 1.807) is 12.1 Å². The minimum absolute atomic E-state index is 0.108. The maximum Gasteiger partial charge on any atom is 0.337 e. The highest BCUT2D eigenvalue weighted by atomic mass is 16.5. The van der Waals surface area contributed by atoms with Gasteiger partial charge in [0.1, 0.15) is 12.4 Å². The van der Waals surface area contributed by atoms with Crippen LogP contribution >= 0.6 is 0 Å². The van der Waals surface area contributed by atoms with E-state index in [2.05, 4.69) is 5.32 Å². The molecule has 2 aromatic rings. The van der Waals surface area contributed by atoms with Crippen LogP contribution in [0.5, 0.6) is 5.75 Å². The van der Waals surface area contributed by atoms with Crippen LogP contribution in [0.15, 0.2) is 42.5 Å². The third-order valence-electron chi connectivity index (χ3n) is 2.97. The first-order chi connectivity index (χ1) is 10.1. The summed E-state index contributed by atoms with van der Waals surface area (Å²) in [5, 5.41) is 12.0. The normalized spacial score (nSPS) is 10.1. The number of hydrogen-bond donors (Lipinski definition) is 3. The van der Waals surface area contributed by atoms with Crippen molar-refractivity contribution in [3.63, 3.8) is 0 Å². The second-order valence-electron chi connectivity index (χ2n) is 4.70. The Morgan fingerprint density at radius 1 is 1.29 bits per heavy atom. The number of nitrogen functional groups attached to an aromatic ring is 1. The summed E-state index contributed by atoms with van der Waals surface area (Å²) in [5.41, 5.74) is 7.95. The highest BCUT2D eigenvalue weighted by Gasteiger charge is 2.07. The molecule has 0 unspecified atom stereocenters. The van der Waals surface area contributed by atoms with Crippen LogP contribution in [0, 0.1) is 6.92 Å². The molecule has 0 aliphatic rings. The molecule has 4 N–H and O–H groups in total. The summed E-state index contributed by atoms with van der Waals surface area (Å²) in [4.78, 5) is 10.9. The second-order valence-corrected chi connectivity index (χ2v) is 4.70. The topological polar surface area (TPSA) is 84.6 Å². The number of anilines is 2. The largest absolute Gasteiger partial charge is 0.492 e. The van der Waals surface area contributed by atoms with Crippen molar-refractivity contribution < 1.29 is 14.6 Å². The Bertz CT molecular complexity index is 641. The highest BCUT2D eigenvalue weighted by Crippen LogP contribution is 2.18. The number of aryl methyl sites for hydroxylation is 1. The Hall–Kier alpha value is -2.69. The Morgan fingerprint density at radius 2 is 2.10 bits per heavy atom. The highest BCUT2D eigenvalue weighted by molar-refractivity contribution is 5.94. The fraction of sp³-hybridized carbons (Fsp3) is 0.188.